The lowest BCUT2D eigenvalue weighted by atomic mass is 9.96. The number of nitrogens with one attached hydrogen (secondary N) is 1. The second-order valence-corrected chi connectivity index (χ2v) is 8.15. The van der Waals surface area contributed by atoms with Crippen molar-refractivity contribution in [1.29, 1.82) is 0 Å². The van der Waals surface area contributed by atoms with Gasteiger partial charge in [0.15, 0.2) is 11.0 Å². The van der Waals surface area contributed by atoms with Crippen LogP contribution >= 0.6 is 20.0 Å². The van der Waals surface area contributed by atoms with Gasteiger partial charge >= 0.3 is 7.82 Å². The van der Waals surface area contributed by atoms with Crippen molar-refractivity contribution in [3.8, 4) is 0 Å². The molecule has 0 radical (unpaired) electrons. The Morgan fingerprint density at radius 2 is 2.29 bits per heavy atom. The minimum atomic E-state index is -3.79. The van der Waals surface area contributed by atoms with Crippen LogP contribution in [0.5, 0.6) is 0 Å². The van der Waals surface area contributed by atoms with Gasteiger partial charge < -0.3 is 9.84 Å². The molecule has 2 aliphatic heterocycles. The molecule has 2 N–H and O–H groups in total. The summed E-state index contributed by atoms with van der Waals surface area (Å²) in [6, 6.07) is 1.27. The molecule has 24 heavy (non-hydrogen) atoms. The van der Waals surface area contributed by atoms with Crippen LogP contribution in [-0.4, -0.2) is 45.2 Å². The fraction of sp³-hybridized carbons (Fsp3) is 0.692. The SMILES string of the molecule is CC(C)OP1(=O)OC[C@H]2O[C@@H](n3ccc(=O)[nH]c3=S)[C@](C)(O)C2O1. The fourth-order valence-electron chi connectivity index (χ4n) is 2.80. The molecule has 1 aromatic heterocycles. The standard InChI is InChI=1S/C13H19N2O7PS/c1-7(2)21-23(18)19-6-8-10(22-23)13(3,17)11(20-8)15-5-4-9(16)14-12(15)24/h4-5,7-8,10-11,17H,6H2,1-3H3,(H,14,16,24)/t8-,10?,11-,13-,23?/m1/s1. The van der Waals surface area contributed by atoms with Gasteiger partial charge in [-0.05, 0) is 33.0 Å². The van der Waals surface area contributed by atoms with Crippen LogP contribution in [0.3, 0.4) is 0 Å². The van der Waals surface area contributed by atoms with Gasteiger partial charge in [-0.2, -0.15) is 0 Å². The molecule has 0 aromatic carbocycles. The van der Waals surface area contributed by atoms with Gasteiger partial charge in [0.2, 0.25) is 0 Å². The Morgan fingerprint density at radius 3 is 2.92 bits per heavy atom. The molecule has 11 heteroatoms. The molecule has 0 aliphatic carbocycles. The largest absolute Gasteiger partial charge is 0.475 e. The Bertz CT molecular complexity index is 789. The zero-order valence-electron chi connectivity index (χ0n) is 13.4. The monoisotopic (exact) mass is 378 g/mol. The van der Waals surface area contributed by atoms with Crippen molar-refractivity contribution in [3.63, 3.8) is 0 Å². The molecule has 2 fully saturated rings. The van der Waals surface area contributed by atoms with Crippen molar-refractivity contribution >= 4 is 20.0 Å². The Hall–Kier alpha value is -0.870. The lowest BCUT2D eigenvalue weighted by Gasteiger charge is -2.35. The van der Waals surface area contributed by atoms with Gasteiger partial charge in [-0.1, -0.05) is 0 Å². The average molecular weight is 378 g/mol. The van der Waals surface area contributed by atoms with Crippen molar-refractivity contribution < 1.29 is 28.0 Å². The van der Waals surface area contributed by atoms with Crippen molar-refractivity contribution in [2.24, 2.45) is 0 Å². The summed E-state index contributed by atoms with van der Waals surface area (Å²) >= 11 is 5.11. The van der Waals surface area contributed by atoms with Gasteiger partial charge in [-0.25, -0.2) is 4.57 Å². The van der Waals surface area contributed by atoms with Gasteiger partial charge in [-0.15, -0.1) is 0 Å². The summed E-state index contributed by atoms with van der Waals surface area (Å²) in [5.41, 5.74) is -1.93. The van der Waals surface area contributed by atoms with E-state index in [0.29, 0.717) is 0 Å². The van der Waals surface area contributed by atoms with E-state index in [1.54, 1.807) is 13.8 Å². The summed E-state index contributed by atoms with van der Waals surface area (Å²) in [4.78, 5) is 13.8. The molecule has 5 atom stereocenters. The molecule has 3 heterocycles. The normalized spacial score (nSPS) is 39.1. The van der Waals surface area contributed by atoms with Gasteiger partial charge in [0.25, 0.3) is 5.56 Å². The second kappa shape index (κ2) is 6.14. The highest BCUT2D eigenvalue weighted by Crippen LogP contribution is 2.59. The number of phosphoric acid groups is 1. The van der Waals surface area contributed by atoms with E-state index in [4.69, 9.17) is 30.5 Å². The predicted octanol–water partition coefficient (Wildman–Crippen LogP) is 1.50. The van der Waals surface area contributed by atoms with Crippen LogP contribution in [0.2, 0.25) is 0 Å². The summed E-state index contributed by atoms with van der Waals surface area (Å²) < 4.78 is 35.7. The molecule has 2 unspecified atom stereocenters. The van der Waals surface area contributed by atoms with Gasteiger partial charge in [0.05, 0.1) is 12.7 Å². The van der Waals surface area contributed by atoms with E-state index in [1.807, 2.05) is 0 Å². The Balaban J connectivity index is 1.91. The molecule has 0 spiro atoms. The number of rotatable bonds is 3. The first kappa shape index (κ1) is 17.9. The highest BCUT2D eigenvalue weighted by molar-refractivity contribution is 7.71. The minimum absolute atomic E-state index is 0.0575. The third-order valence-electron chi connectivity index (χ3n) is 3.80. The van der Waals surface area contributed by atoms with Crippen LogP contribution in [0.25, 0.3) is 0 Å². The van der Waals surface area contributed by atoms with Crippen LogP contribution in [0.15, 0.2) is 17.1 Å². The third kappa shape index (κ3) is 3.15. The van der Waals surface area contributed by atoms with E-state index in [0.717, 1.165) is 0 Å². The van der Waals surface area contributed by atoms with Crippen LogP contribution in [-0.2, 0) is 22.9 Å². The molecule has 2 saturated heterocycles. The predicted molar refractivity (Wildman–Crippen MR) is 85.1 cm³/mol. The lowest BCUT2D eigenvalue weighted by molar-refractivity contribution is -0.0939. The number of aromatic nitrogens is 2. The van der Waals surface area contributed by atoms with E-state index in [1.165, 1.54) is 23.8 Å². The van der Waals surface area contributed by atoms with Gasteiger partial charge in [0, 0.05) is 12.3 Å². The van der Waals surface area contributed by atoms with Crippen LogP contribution in [0, 0.1) is 4.77 Å². The Morgan fingerprint density at radius 1 is 1.58 bits per heavy atom. The number of hydrogen-bond acceptors (Lipinski definition) is 8. The summed E-state index contributed by atoms with van der Waals surface area (Å²) in [7, 11) is -3.79. The van der Waals surface area contributed by atoms with Gasteiger partial charge in [0.1, 0.15) is 17.8 Å². The number of H-pyrrole nitrogens is 1. The van der Waals surface area contributed by atoms with Crippen molar-refractivity contribution in [3.05, 3.63) is 27.4 Å². The Labute approximate surface area is 143 Å². The maximum Gasteiger partial charge on any atom is 0.475 e. The number of hydrogen-bond donors (Lipinski definition) is 2. The van der Waals surface area contributed by atoms with Crippen molar-refractivity contribution in [2.75, 3.05) is 6.61 Å². The zero-order valence-corrected chi connectivity index (χ0v) is 15.1. The number of fused-ring (bicyclic) bond motifs is 1. The molecule has 9 nitrogen and oxygen atoms in total. The molecule has 0 saturated carbocycles. The van der Waals surface area contributed by atoms with Crippen LogP contribution in [0.4, 0.5) is 0 Å². The molecule has 1 aromatic rings. The smallest absolute Gasteiger partial charge is 0.383 e. The quantitative estimate of drug-likeness (QED) is 0.601. The third-order valence-corrected chi connectivity index (χ3v) is 5.74. The summed E-state index contributed by atoms with van der Waals surface area (Å²) in [5.74, 6) is 0. The first-order valence-corrected chi connectivity index (χ1v) is 9.30. The highest BCUT2D eigenvalue weighted by atomic mass is 32.1. The molecule has 134 valence electrons. The van der Waals surface area contributed by atoms with E-state index < -0.39 is 31.9 Å². The van der Waals surface area contributed by atoms with E-state index >= 15 is 0 Å². The topological polar surface area (TPSA) is 112 Å². The van der Waals surface area contributed by atoms with Crippen molar-refractivity contribution in [2.45, 2.75) is 50.9 Å². The maximum absolute atomic E-state index is 12.5. The molecular weight excluding hydrogens is 359 g/mol. The molecule has 0 amide bonds. The Kier molecular flexibility index (Phi) is 4.59. The van der Waals surface area contributed by atoms with Crippen LogP contribution < -0.4 is 5.56 Å². The van der Waals surface area contributed by atoms with E-state index in [-0.39, 0.29) is 23.0 Å². The molecule has 2 aliphatic rings. The summed E-state index contributed by atoms with van der Waals surface area (Å²) in [6.07, 6.45) is -1.48. The molecular formula is C13H19N2O7PS. The molecule has 0 bridgehead atoms. The number of aliphatic hydroxyl groups is 1. The summed E-state index contributed by atoms with van der Waals surface area (Å²) in [5, 5.41) is 10.9. The van der Waals surface area contributed by atoms with Crippen LogP contribution in [0.1, 0.15) is 27.0 Å². The highest BCUT2D eigenvalue weighted by Gasteiger charge is 2.60. The molecule has 3 rings (SSSR count). The maximum atomic E-state index is 12.5. The number of phosphoric ester groups is 1. The minimum Gasteiger partial charge on any atom is -0.383 e. The fourth-order valence-corrected chi connectivity index (χ4v) is 4.70. The van der Waals surface area contributed by atoms with Crippen molar-refractivity contribution in [1.82, 2.24) is 9.55 Å². The van der Waals surface area contributed by atoms with E-state index in [9.17, 15) is 14.5 Å². The zero-order chi connectivity index (χ0) is 17.7. The number of aromatic amines is 1. The summed E-state index contributed by atoms with van der Waals surface area (Å²) in [6.45, 7) is 4.83. The van der Waals surface area contributed by atoms with E-state index in [2.05, 4.69) is 4.98 Å². The number of ether oxygens (including phenoxy) is 1. The number of nitrogens with zero attached hydrogens (tertiary/aromatic N) is 1. The lowest BCUT2D eigenvalue weighted by Crippen LogP contribution is -2.48. The first-order chi connectivity index (χ1) is 11.1. The van der Waals surface area contributed by atoms with Gasteiger partial charge in [-0.3, -0.25) is 27.9 Å². The second-order valence-electron chi connectivity index (χ2n) is 6.19. The first-order valence-electron chi connectivity index (χ1n) is 7.43. The average Bonchev–Trinajstić information content (AvgIpc) is 2.69.